The first-order chi connectivity index (χ1) is 7.78. The summed E-state index contributed by atoms with van der Waals surface area (Å²) in [4.78, 5) is 23.3. The van der Waals surface area contributed by atoms with Crippen molar-refractivity contribution in [3.63, 3.8) is 0 Å². The number of carbonyl (C=O) groups is 2. The van der Waals surface area contributed by atoms with Gasteiger partial charge in [-0.05, 0) is 18.3 Å². The smallest absolute Gasteiger partial charge is 0.323 e. The predicted octanol–water partition coefficient (Wildman–Crippen LogP) is 2.61. The molecule has 1 rings (SSSR count). The highest BCUT2D eigenvalue weighted by Crippen LogP contribution is 2.38. The summed E-state index contributed by atoms with van der Waals surface area (Å²) in [6.07, 6.45) is 3.39. The van der Waals surface area contributed by atoms with Crippen LogP contribution in [0.2, 0.25) is 0 Å². The van der Waals surface area contributed by atoms with E-state index in [1.165, 1.54) is 0 Å². The van der Waals surface area contributed by atoms with E-state index in [0.717, 1.165) is 19.3 Å². The van der Waals surface area contributed by atoms with Crippen molar-refractivity contribution in [2.45, 2.75) is 52.9 Å². The molecule has 0 radical (unpaired) electrons. The van der Waals surface area contributed by atoms with Crippen molar-refractivity contribution in [1.29, 1.82) is 0 Å². The van der Waals surface area contributed by atoms with Crippen LogP contribution in [-0.4, -0.2) is 23.7 Å². The number of aliphatic carboxylic acids is 1. The Morgan fingerprint density at radius 1 is 1.18 bits per heavy atom. The summed E-state index contributed by atoms with van der Waals surface area (Å²) in [6.45, 7) is 6.12. The van der Waals surface area contributed by atoms with Gasteiger partial charge < -0.3 is 9.84 Å². The van der Waals surface area contributed by atoms with E-state index in [4.69, 9.17) is 4.74 Å². The SMILES string of the molecule is CC(C)(C)COC(=O)C1(C(=O)O)CCCCC1. The van der Waals surface area contributed by atoms with Gasteiger partial charge in [-0.2, -0.15) is 0 Å². The Balaban J connectivity index is 2.71. The van der Waals surface area contributed by atoms with Crippen molar-refractivity contribution >= 4 is 11.9 Å². The first-order valence-corrected chi connectivity index (χ1v) is 6.19. The Labute approximate surface area is 102 Å². The van der Waals surface area contributed by atoms with Crippen LogP contribution in [0.4, 0.5) is 0 Å². The summed E-state index contributed by atoms with van der Waals surface area (Å²) < 4.78 is 5.19. The van der Waals surface area contributed by atoms with Crippen molar-refractivity contribution in [3.8, 4) is 0 Å². The Kier molecular flexibility index (Phi) is 4.17. The van der Waals surface area contributed by atoms with Crippen molar-refractivity contribution in [1.82, 2.24) is 0 Å². The first-order valence-electron chi connectivity index (χ1n) is 6.19. The van der Waals surface area contributed by atoms with E-state index in [1.807, 2.05) is 20.8 Å². The molecule has 1 fully saturated rings. The molecule has 98 valence electrons. The standard InChI is InChI=1S/C13H22O4/c1-12(2,3)9-17-11(16)13(10(14)15)7-5-4-6-8-13/h4-9H2,1-3H3,(H,14,15). The van der Waals surface area contributed by atoms with E-state index in [0.29, 0.717) is 12.8 Å². The highest BCUT2D eigenvalue weighted by atomic mass is 16.5. The van der Waals surface area contributed by atoms with Gasteiger partial charge >= 0.3 is 11.9 Å². The fraction of sp³-hybridized carbons (Fsp3) is 0.846. The maximum absolute atomic E-state index is 12.0. The summed E-state index contributed by atoms with van der Waals surface area (Å²) >= 11 is 0. The highest BCUT2D eigenvalue weighted by Gasteiger charge is 2.48. The molecule has 1 N–H and O–H groups in total. The summed E-state index contributed by atoms with van der Waals surface area (Å²) in [5.41, 5.74) is -1.42. The van der Waals surface area contributed by atoms with Crippen LogP contribution in [0.15, 0.2) is 0 Å². The van der Waals surface area contributed by atoms with Gasteiger partial charge in [-0.25, -0.2) is 0 Å². The average Bonchev–Trinajstić information content (AvgIpc) is 2.25. The quantitative estimate of drug-likeness (QED) is 0.610. The van der Waals surface area contributed by atoms with Crippen LogP contribution in [0.25, 0.3) is 0 Å². The van der Waals surface area contributed by atoms with Gasteiger partial charge in [-0.3, -0.25) is 9.59 Å². The maximum atomic E-state index is 12.0. The van der Waals surface area contributed by atoms with Crippen molar-refractivity contribution in [2.75, 3.05) is 6.61 Å². The van der Waals surface area contributed by atoms with Crippen molar-refractivity contribution in [2.24, 2.45) is 10.8 Å². The molecule has 1 saturated carbocycles. The molecular formula is C13H22O4. The third kappa shape index (κ3) is 3.45. The third-order valence-corrected chi connectivity index (χ3v) is 3.14. The molecule has 0 atom stereocenters. The van der Waals surface area contributed by atoms with E-state index in [2.05, 4.69) is 0 Å². The van der Waals surface area contributed by atoms with Gasteiger partial charge in [0.25, 0.3) is 0 Å². The largest absolute Gasteiger partial charge is 0.480 e. The van der Waals surface area contributed by atoms with E-state index in [9.17, 15) is 14.7 Å². The van der Waals surface area contributed by atoms with E-state index < -0.39 is 17.4 Å². The van der Waals surface area contributed by atoms with Gasteiger partial charge in [0.1, 0.15) is 0 Å². The summed E-state index contributed by atoms with van der Waals surface area (Å²) in [5.74, 6) is -1.59. The summed E-state index contributed by atoms with van der Waals surface area (Å²) in [5, 5.41) is 9.29. The highest BCUT2D eigenvalue weighted by molar-refractivity contribution is 5.99. The fourth-order valence-electron chi connectivity index (χ4n) is 2.08. The lowest BCUT2D eigenvalue weighted by molar-refractivity contribution is -0.173. The number of esters is 1. The van der Waals surface area contributed by atoms with Crippen LogP contribution in [0, 0.1) is 10.8 Å². The summed E-state index contributed by atoms with van der Waals surface area (Å²) in [6, 6.07) is 0. The van der Waals surface area contributed by atoms with Gasteiger partial charge in [0, 0.05) is 0 Å². The summed E-state index contributed by atoms with van der Waals surface area (Å²) in [7, 11) is 0. The molecule has 1 aliphatic carbocycles. The second-order valence-corrected chi connectivity index (χ2v) is 6.08. The second kappa shape index (κ2) is 5.07. The number of carboxylic acid groups (broad SMARTS) is 1. The minimum atomic E-state index is -1.29. The van der Waals surface area contributed by atoms with E-state index in [1.54, 1.807) is 0 Å². The Hall–Kier alpha value is -1.06. The molecule has 0 aromatic heterocycles. The van der Waals surface area contributed by atoms with Crippen molar-refractivity contribution < 1.29 is 19.4 Å². The molecule has 4 nitrogen and oxygen atoms in total. The number of rotatable bonds is 3. The minimum Gasteiger partial charge on any atom is -0.480 e. The molecule has 0 spiro atoms. The topological polar surface area (TPSA) is 63.6 Å². The van der Waals surface area contributed by atoms with E-state index >= 15 is 0 Å². The molecule has 0 saturated heterocycles. The predicted molar refractivity (Wildman–Crippen MR) is 63.6 cm³/mol. The Morgan fingerprint density at radius 2 is 1.71 bits per heavy atom. The fourth-order valence-corrected chi connectivity index (χ4v) is 2.08. The zero-order chi connectivity index (χ0) is 13.1. The van der Waals surface area contributed by atoms with Crippen LogP contribution >= 0.6 is 0 Å². The van der Waals surface area contributed by atoms with Crippen molar-refractivity contribution in [3.05, 3.63) is 0 Å². The zero-order valence-electron chi connectivity index (χ0n) is 10.9. The van der Waals surface area contributed by atoms with Crippen LogP contribution in [-0.2, 0) is 14.3 Å². The molecule has 0 aliphatic heterocycles. The molecule has 4 heteroatoms. The second-order valence-electron chi connectivity index (χ2n) is 6.08. The lowest BCUT2D eigenvalue weighted by atomic mass is 9.74. The van der Waals surface area contributed by atoms with Gasteiger partial charge in [0.2, 0.25) is 0 Å². The number of ether oxygens (including phenoxy) is 1. The molecule has 0 aromatic carbocycles. The maximum Gasteiger partial charge on any atom is 0.323 e. The molecule has 0 aromatic rings. The molecule has 0 unspecified atom stereocenters. The number of hydrogen-bond donors (Lipinski definition) is 1. The lowest BCUT2D eigenvalue weighted by Gasteiger charge is -2.31. The number of carbonyl (C=O) groups excluding carboxylic acids is 1. The molecule has 0 amide bonds. The molecular weight excluding hydrogens is 220 g/mol. The Bertz CT molecular complexity index is 295. The van der Waals surface area contributed by atoms with Crippen LogP contribution < -0.4 is 0 Å². The van der Waals surface area contributed by atoms with Crippen LogP contribution in [0.5, 0.6) is 0 Å². The minimum absolute atomic E-state index is 0.135. The van der Waals surface area contributed by atoms with Crippen LogP contribution in [0.3, 0.4) is 0 Å². The zero-order valence-corrected chi connectivity index (χ0v) is 10.9. The average molecular weight is 242 g/mol. The van der Waals surface area contributed by atoms with Gasteiger partial charge in [-0.1, -0.05) is 40.0 Å². The normalized spacial score (nSPS) is 19.7. The number of carboxylic acids is 1. The molecule has 17 heavy (non-hydrogen) atoms. The van der Waals surface area contributed by atoms with Gasteiger partial charge in [-0.15, -0.1) is 0 Å². The molecule has 1 aliphatic rings. The van der Waals surface area contributed by atoms with E-state index in [-0.39, 0.29) is 12.0 Å². The first kappa shape index (κ1) is 14.0. The monoisotopic (exact) mass is 242 g/mol. The number of hydrogen-bond acceptors (Lipinski definition) is 3. The lowest BCUT2D eigenvalue weighted by Crippen LogP contribution is -2.43. The Morgan fingerprint density at radius 3 is 2.12 bits per heavy atom. The van der Waals surface area contributed by atoms with Crippen LogP contribution in [0.1, 0.15) is 52.9 Å². The van der Waals surface area contributed by atoms with Gasteiger partial charge in [0.15, 0.2) is 5.41 Å². The molecule has 0 heterocycles. The molecule has 0 bridgehead atoms. The third-order valence-electron chi connectivity index (χ3n) is 3.14. The van der Waals surface area contributed by atoms with Gasteiger partial charge in [0.05, 0.1) is 6.61 Å².